The molecule has 0 aromatic carbocycles. The van der Waals surface area contributed by atoms with Crippen molar-refractivity contribution in [1.82, 2.24) is 0 Å². The average Bonchev–Trinajstić information content (AvgIpc) is 2.61. The number of hydrogen-bond donors (Lipinski definition) is 0. The van der Waals surface area contributed by atoms with Gasteiger partial charge in [-0.25, -0.2) is 46.3 Å². The molecule has 0 saturated heterocycles. The molecule has 24 heteroatoms. The van der Waals surface area contributed by atoms with E-state index in [4.69, 9.17) is 54.6 Å². The molecule has 0 unspecified atom stereocenters. The minimum atomic E-state index is -5.92. The number of halogens is 3. The van der Waals surface area contributed by atoms with E-state index in [1.54, 1.807) is 4.13 Å². The Balaban J connectivity index is -0.000000115. The number of carboxylic acid groups (broad SMARTS) is 1. The number of alkyl halides is 3. The molecule has 0 atom stereocenters. The summed E-state index contributed by atoms with van der Waals surface area (Å²) in [5.74, 6) is 4.29. The van der Waals surface area contributed by atoms with Crippen molar-refractivity contribution in [3.8, 4) is 30.1 Å². The van der Waals surface area contributed by atoms with Gasteiger partial charge >= 0.3 is 11.7 Å². The topological polar surface area (TPSA) is 333 Å². The lowest BCUT2D eigenvalue weighted by molar-refractivity contribution is -0.302. The van der Waals surface area contributed by atoms with Crippen molar-refractivity contribution in [1.29, 1.82) is 26.3 Å². The molecule has 0 saturated carbocycles. The summed E-state index contributed by atoms with van der Waals surface area (Å²) < 4.78 is 103. The Kier molecular flexibility index (Phi) is 21.6. The van der Waals surface area contributed by atoms with Gasteiger partial charge in [0, 0.05) is 18.5 Å². The zero-order valence-electron chi connectivity index (χ0n) is 17.2. The van der Waals surface area contributed by atoms with Gasteiger partial charge in [-0.05, 0) is 6.92 Å². The van der Waals surface area contributed by atoms with Gasteiger partial charge in [-0.1, -0.05) is 0 Å². The van der Waals surface area contributed by atoms with Gasteiger partial charge in [-0.15, -0.1) is 29.9 Å². The Morgan fingerprint density at radius 2 is 1.20 bits per heavy atom. The van der Waals surface area contributed by atoms with Crippen LogP contribution in [0.15, 0.2) is 4.99 Å². The Labute approximate surface area is 197 Å². The van der Waals surface area contributed by atoms with Crippen molar-refractivity contribution in [2.45, 2.75) is 12.4 Å². The van der Waals surface area contributed by atoms with E-state index in [2.05, 4.69) is 4.99 Å². The summed E-state index contributed by atoms with van der Waals surface area (Å²) in [5.41, 5.74) is -5.67. The number of nitrogens with zero attached hydrogens (tertiary/aromatic N) is 8. The largest absolute Gasteiger partial charge is 0.748 e. The Hall–Kier alpha value is -4.08. The number of aliphatic carboxylic acids is 1. The van der Waals surface area contributed by atoms with Gasteiger partial charge in [0.1, 0.15) is 0 Å². The van der Waals surface area contributed by atoms with E-state index in [0.29, 0.717) is 6.26 Å². The SMILES string of the molecule is CC(=O)[O-].CS(=O)(=O)[N-]S(=O)(=O)C(F)(F)F.CS(=O)(=O)[O-].N#CN=C=[N-].N#C[B-](C#N)(C#N)C#N. The molecule has 0 bridgehead atoms. The zero-order chi connectivity index (χ0) is 29.7. The van der Waals surface area contributed by atoms with E-state index in [9.17, 15) is 30.0 Å². The Bertz CT molecular complexity index is 1220. The van der Waals surface area contributed by atoms with Crippen LogP contribution in [0.2, 0.25) is 0 Å². The molecule has 0 aliphatic rings. The second-order valence-corrected chi connectivity index (χ2v) is 9.50. The fourth-order valence-corrected chi connectivity index (χ4v) is 2.18. The van der Waals surface area contributed by atoms with Crippen LogP contribution in [0.4, 0.5) is 13.2 Å². The highest BCUT2D eigenvalue weighted by molar-refractivity contribution is 8.12. The molecule has 0 rings (SSSR count). The van der Waals surface area contributed by atoms with Crippen LogP contribution in [0.1, 0.15) is 6.92 Å². The molecule has 0 spiro atoms. The second kappa shape index (κ2) is 18.4. The number of nitriles is 5. The smallest absolute Gasteiger partial charge is 0.480 e. The molecule has 35 heavy (non-hydrogen) atoms. The molecule has 0 fully saturated rings. The maximum Gasteiger partial charge on any atom is 0.480 e. The molecule has 0 aliphatic carbocycles. The number of aliphatic imine (C=N–C) groups is 1. The predicted molar refractivity (Wildman–Crippen MR) is 104 cm³/mol. The Morgan fingerprint density at radius 3 is 1.23 bits per heavy atom. The lowest BCUT2D eigenvalue weighted by atomic mass is 9.30. The fourth-order valence-electron chi connectivity index (χ4n) is 0.416. The molecular weight excluding hydrogens is 552 g/mol. The van der Waals surface area contributed by atoms with Crippen molar-refractivity contribution in [2.24, 2.45) is 4.99 Å². The maximum atomic E-state index is 11.4. The number of carboxylic acids is 1. The molecule has 0 amide bonds. The first-order valence-corrected chi connectivity index (χ1v) is 12.1. The van der Waals surface area contributed by atoms with Crippen molar-refractivity contribution in [3.05, 3.63) is 9.54 Å². The number of carbonyl (C=O) groups is 1. The fraction of sp³-hybridized carbons (Fsp3) is 0.364. The molecule has 0 radical (unpaired) electrons. The summed E-state index contributed by atoms with van der Waals surface area (Å²) in [6.45, 7) is 0.972. The summed E-state index contributed by atoms with van der Waals surface area (Å²) in [4.78, 5) is 11.5. The van der Waals surface area contributed by atoms with Crippen LogP contribution in [0, 0.1) is 56.4 Å². The van der Waals surface area contributed by atoms with E-state index < -0.39 is 47.8 Å². The summed E-state index contributed by atoms with van der Waals surface area (Å²) >= 11 is 0. The molecule has 17 nitrogen and oxygen atoms in total. The van der Waals surface area contributed by atoms with E-state index in [0.717, 1.165) is 6.92 Å². The highest BCUT2D eigenvalue weighted by Crippen LogP contribution is 2.29. The van der Waals surface area contributed by atoms with Gasteiger partial charge in [0.15, 0.2) is 10.0 Å². The first kappa shape index (κ1) is 41.2. The van der Waals surface area contributed by atoms with Crippen molar-refractivity contribution >= 4 is 48.3 Å². The minimum Gasteiger partial charge on any atom is -0.748 e. The van der Waals surface area contributed by atoms with Gasteiger partial charge in [0.05, 0.1) is 26.3 Å². The van der Waals surface area contributed by atoms with E-state index in [1.807, 2.05) is 0 Å². The minimum absolute atomic E-state index is 0.246. The van der Waals surface area contributed by atoms with Crippen molar-refractivity contribution in [2.75, 3.05) is 12.5 Å². The van der Waals surface area contributed by atoms with Gasteiger partial charge in [-0.2, -0.15) is 18.4 Å². The first-order valence-electron chi connectivity index (χ1n) is 6.97. The second-order valence-electron chi connectivity index (χ2n) is 4.62. The number of sulfonamides is 2. The highest BCUT2D eigenvalue weighted by atomic mass is 32.3. The molecule has 0 aromatic heterocycles. The lowest BCUT2D eigenvalue weighted by Crippen LogP contribution is -2.26. The molecule has 0 N–H and O–H groups in total. The van der Waals surface area contributed by atoms with Crippen molar-refractivity contribution in [3.63, 3.8) is 0 Å². The van der Waals surface area contributed by atoms with E-state index in [1.165, 1.54) is 36.1 Å². The third-order valence-electron chi connectivity index (χ3n) is 1.40. The molecule has 194 valence electrons. The van der Waals surface area contributed by atoms with Crippen LogP contribution >= 0.6 is 0 Å². The summed E-state index contributed by atoms with van der Waals surface area (Å²) in [5, 5.41) is 56.1. The average molecular weight is 561 g/mol. The summed E-state index contributed by atoms with van der Waals surface area (Å²) in [6.07, 6.45) is -0.590. The van der Waals surface area contributed by atoms with Gasteiger partial charge in [0.25, 0.3) is 0 Å². The van der Waals surface area contributed by atoms with E-state index in [-0.39, 0.29) is 6.26 Å². The number of carbonyl (C=O) groups excluding carboxylic acids is 1. The monoisotopic (exact) mass is 561 g/mol. The van der Waals surface area contributed by atoms with Crippen LogP contribution in [0.25, 0.3) is 9.54 Å². The van der Waals surface area contributed by atoms with Gasteiger partial charge in [-0.3, -0.25) is 0 Å². The number of rotatable bonds is 2. The summed E-state index contributed by atoms with van der Waals surface area (Å²) in [6, 6.07) is 1.28. The van der Waals surface area contributed by atoms with Gasteiger partial charge < -0.3 is 29.0 Å². The van der Waals surface area contributed by atoms with Crippen LogP contribution < -0.4 is 5.11 Å². The standard InChI is InChI=1S/C4BN4.C2H3F3NO4S2.C2N3.C2H4O2.CH4O3S/c6-1-5(2-7,3-8)4-9;1-11(7,8)6-12(9,10)2(3,4)5;3-1-5-2-4;1-2(3)4;1-5(2,3)4/h;1H3;;1H3,(H,3,4);1H3,(H,2,3,4)/q3*-1;;/p-2. The first-order chi connectivity index (χ1) is 15.3. The molecular formula is C11H9BF3N8O9S3-5. The van der Waals surface area contributed by atoms with Crippen molar-refractivity contribution < 1.29 is 52.9 Å². The molecule has 0 heterocycles. The maximum absolute atomic E-state index is 11.4. The van der Waals surface area contributed by atoms with Gasteiger partial charge in [0.2, 0.25) is 0 Å². The lowest BCUT2D eigenvalue weighted by Gasteiger charge is -2.19. The number of hydrogen-bond acceptors (Lipinski definition) is 15. The Morgan fingerprint density at radius 1 is 0.943 bits per heavy atom. The molecule has 0 aromatic rings. The van der Waals surface area contributed by atoms with Crippen LogP contribution in [0.5, 0.6) is 0 Å². The normalized spacial score (nSPS) is 9.89. The van der Waals surface area contributed by atoms with Crippen LogP contribution in [-0.4, -0.2) is 65.9 Å². The van der Waals surface area contributed by atoms with E-state index >= 15 is 0 Å². The van der Waals surface area contributed by atoms with Crippen LogP contribution in [-0.2, 0) is 35.0 Å². The highest BCUT2D eigenvalue weighted by Gasteiger charge is 2.39. The molecule has 0 aliphatic heterocycles. The quantitative estimate of drug-likeness (QED) is 0.152. The zero-order valence-corrected chi connectivity index (χ0v) is 19.6. The third kappa shape index (κ3) is 37.6. The summed E-state index contributed by atoms with van der Waals surface area (Å²) in [7, 11) is -14.4. The predicted octanol–water partition coefficient (Wildman–Crippen LogP) is -2.02. The van der Waals surface area contributed by atoms with Crippen LogP contribution in [0.3, 0.4) is 0 Å². The third-order valence-corrected chi connectivity index (χ3v) is 3.85.